The molecule has 2 heteroatoms. The number of benzene rings is 8. The monoisotopic (exact) mass is 716 g/mol. The Balaban J connectivity index is 1.08. The summed E-state index contributed by atoms with van der Waals surface area (Å²) in [6.07, 6.45) is 6.34. The van der Waals surface area contributed by atoms with Crippen molar-refractivity contribution in [2.75, 3.05) is 0 Å². The molecule has 56 heavy (non-hydrogen) atoms. The van der Waals surface area contributed by atoms with E-state index in [1.165, 1.54) is 92.6 Å². The van der Waals surface area contributed by atoms with Crippen LogP contribution in [0.15, 0.2) is 182 Å². The summed E-state index contributed by atoms with van der Waals surface area (Å²) in [7, 11) is 0. The summed E-state index contributed by atoms with van der Waals surface area (Å²) in [6, 6.07) is 66.4. The molecule has 0 unspecified atom stereocenters. The highest BCUT2D eigenvalue weighted by molar-refractivity contribution is 6.04. The lowest BCUT2D eigenvalue weighted by Crippen LogP contribution is -2.28. The second-order valence-corrected chi connectivity index (χ2v) is 15.6. The summed E-state index contributed by atoms with van der Waals surface area (Å²) in [5.41, 5.74) is 15.9. The van der Waals surface area contributed by atoms with Crippen molar-refractivity contribution in [1.82, 2.24) is 9.97 Å². The summed E-state index contributed by atoms with van der Waals surface area (Å²) >= 11 is 0. The van der Waals surface area contributed by atoms with E-state index in [1.807, 2.05) is 6.07 Å². The van der Waals surface area contributed by atoms with Crippen LogP contribution in [0.3, 0.4) is 0 Å². The van der Waals surface area contributed by atoms with Crippen LogP contribution >= 0.6 is 0 Å². The normalized spacial score (nSPS) is 14.2. The van der Waals surface area contributed by atoms with E-state index in [1.54, 1.807) is 0 Å². The van der Waals surface area contributed by atoms with Gasteiger partial charge < -0.3 is 0 Å². The molecule has 9 aromatic rings. The van der Waals surface area contributed by atoms with Crippen molar-refractivity contribution in [3.63, 3.8) is 0 Å². The second kappa shape index (κ2) is 13.3. The molecule has 1 spiro atoms. The second-order valence-electron chi connectivity index (χ2n) is 15.6. The first-order valence-electron chi connectivity index (χ1n) is 20.0. The molecule has 0 aliphatic heterocycles. The van der Waals surface area contributed by atoms with E-state index < -0.39 is 0 Å². The third kappa shape index (κ3) is 5.32. The molecule has 0 N–H and O–H groups in total. The Hall–Kier alpha value is -6.64. The van der Waals surface area contributed by atoms with E-state index in [9.17, 15) is 0 Å². The number of aromatic nitrogens is 2. The lowest BCUT2D eigenvalue weighted by atomic mass is 9.67. The SMILES string of the molecule is c1ccc(-c2cc(-c3c(-c4ccc(-c5cccc6c5-c5cc7ccccc7cc5C65CCCCC5)cc4)ccc4ccccc34)nc(-c3ccccc3)n2)cc1. The minimum Gasteiger partial charge on any atom is -0.228 e. The average Bonchev–Trinajstić information content (AvgIpc) is 3.53. The summed E-state index contributed by atoms with van der Waals surface area (Å²) in [5.74, 6) is 0.720. The molecule has 1 heterocycles. The van der Waals surface area contributed by atoms with Gasteiger partial charge in [0.05, 0.1) is 11.4 Å². The van der Waals surface area contributed by atoms with Crippen LogP contribution in [0.25, 0.3) is 88.8 Å². The van der Waals surface area contributed by atoms with Crippen LogP contribution in [0.5, 0.6) is 0 Å². The Labute approximate surface area is 328 Å². The largest absolute Gasteiger partial charge is 0.228 e. The highest BCUT2D eigenvalue weighted by atomic mass is 14.9. The van der Waals surface area contributed by atoms with Gasteiger partial charge in [-0.15, -0.1) is 0 Å². The summed E-state index contributed by atoms with van der Waals surface area (Å²) < 4.78 is 0. The van der Waals surface area contributed by atoms with Crippen LogP contribution in [0.2, 0.25) is 0 Å². The molecule has 0 amide bonds. The Bertz CT molecular complexity index is 2860. The maximum absolute atomic E-state index is 5.31. The van der Waals surface area contributed by atoms with Gasteiger partial charge >= 0.3 is 0 Å². The predicted octanol–water partition coefficient (Wildman–Crippen LogP) is 14.3. The quantitative estimate of drug-likeness (QED) is 0.177. The highest BCUT2D eigenvalue weighted by Gasteiger charge is 2.44. The van der Waals surface area contributed by atoms with Crippen LogP contribution in [0.4, 0.5) is 0 Å². The predicted molar refractivity (Wildman–Crippen MR) is 234 cm³/mol. The van der Waals surface area contributed by atoms with Gasteiger partial charge in [0.25, 0.3) is 0 Å². The molecule has 2 aliphatic carbocycles. The van der Waals surface area contributed by atoms with Crippen LogP contribution in [-0.2, 0) is 5.41 Å². The van der Waals surface area contributed by atoms with Gasteiger partial charge in [-0.25, -0.2) is 9.97 Å². The number of nitrogens with zero attached hydrogens (tertiary/aromatic N) is 2. The van der Waals surface area contributed by atoms with Crippen molar-refractivity contribution in [1.29, 1.82) is 0 Å². The molecular formula is C54H40N2. The fourth-order valence-corrected chi connectivity index (χ4v) is 9.83. The zero-order valence-corrected chi connectivity index (χ0v) is 31.3. The molecule has 2 nitrogen and oxygen atoms in total. The van der Waals surface area contributed by atoms with Crippen molar-refractivity contribution in [3.8, 4) is 67.3 Å². The summed E-state index contributed by atoms with van der Waals surface area (Å²) in [5, 5.41) is 5.02. The van der Waals surface area contributed by atoms with Gasteiger partial charge in [0.1, 0.15) is 0 Å². The molecule has 266 valence electrons. The van der Waals surface area contributed by atoms with Crippen LogP contribution in [-0.4, -0.2) is 9.97 Å². The lowest BCUT2D eigenvalue weighted by Gasteiger charge is -2.36. The molecule has 1 saturated carbocycles. The summed E-state index contributed by atoms with van der Waals surface area (Å²) in [4.78, 5) is 10.4. The lowest BCUT2D eigenvalue weighted by molar-refractivity contribution is 0.353. The van der Waals surface area contributed by atoms with Crippen molar-refractivity contribution in [3.05, 3.63) is 193 Å². The molecular weight excluding hydrogens is 677 g/mol. The number of hydrogen-bond acceptors (Lipinski definition) is 2. The van der Waals surface area contributed by atoms with Gasteiger partial charge in [-0.1, -0.05) is 183 Å². The molecule has 2 aliphatic rings. The van der Waals surface area contributed by atoms with Crippen LogP contribution in [0.1, 0.15) is 43.2 Å². The fraction of sp³-hybridized carbons (Fsp3) is 0.111. The molecule has 0 radical (unpaired) electrons. The number of hydrogen-bond donors (Lipinski definition) is 0. The van der Waals surface area contributed by atoms with Crippen molar-refractivity contribution in [2.24, 2.45) is 0 Å². The van der Waals surface area contributed by atoms with Crippen LogP contribution < -0.4 is 0 Å². The average molecular weight is 717 g/mol. The van der Waals surface area contributed by atoms with Gasteiger partial charge in [0.15, 0.2) is 5.82 Å². The van der Waals surface area contributed by atoms with E-state index in [4.69, 9.17) is 9.97 Å². The topological polar surface area (TPSA) is 25.8 Å². The maximum Gasteiger partial charge on any atom is 0.160 e. The van der Waals surface area contributed by atoms with E-state index in [-0.39, 0.29) is 5.41 Å². The minimum atomic E-state index is 0.0949. The van der Waals surface area contributed by atoms with Crippen molar-refractivity contribution < 1.29 is 0 Å². The van der Waals surface area contributed by atoms with Crippen molar-refractivity contribution >= 4 is 21.5 Å². The van der Waals surface area contributed by atoms with Gasteiger partial charge in [-0.05, 0) is 97.1 Å². The Kier molecular flexibility index (Phi) is 7.77. The smallest absolute Gasteiger partial charge is 0.160 e. The van der Waals surface area contributed by atoms with Gasteiger partial charge in [0, 0.05) is 22.1 Å². The van der Waals surface area contributed by atoms with Gasteiger partial charge in [-0.2, -0.15) is 0 Å². The minimum absolute atomic E-state index is 0.0949. The molecule has 8 aromatic carbocycles. The van der Waals surface area contributed by atoms with E-state index in [0.29, 0.717) is 0 Å². The third-order valence-electron chi connectivity index (χ3n) is 12.5. The number of rotatable bonds is 5. The Morgan fingerprint density at radius 1 is 0.357 bits per heavy atom. The molecule has 1 aromatic heterocycles. The molecule has 1 fully saturated rings. The molecule has 0 bridgehead atoms. The highest BCUT2D eigenvalue weighted by Crippen LogP contribution is 2.58. The first-order valence-corrected chi connectivity index (χ1v) is 20.0. The third-order valence-corrected chi connectivity index (χ3v) is 12.5. The van der Waals surface area contributed by atoms with E-state index >= 15 is 0 Å². The fourth-order valence-electron chi connectivity index (χ4n) is 9.83. The summed E-state index contributed by atoms with van der Waals surface area (Å²) in [6.45, 7) is 0. The van der Waals surface area contributed by atoms with Crippen molar-refractivity contribution in [2.45, 2.75) is 37.5 Å². The standard InChI is InChI=1S/C54H40N2/c1-4-16-39(17-5-1)49-35-50(56-53(55-49)40-18-6-2-7-19-40)52-44-22-11-10-15-36(44)29-30-45(52)38-27-25-37(26-28-38)43-23-14-24-47-51(43)46-33-41-20-8-9-21-42(41)34-48(46)54(47)31-12-3-13-32-54/h1-2,4-11,14-30,33-35H,3,12-13,31-32H2. The van der Waals surface area contributed by atoms with E-state index in [0.717, 1.165) is 39.5 Å². The zero-order valence-electron chi connectivity index (χ0n) is 31.3. The Morgan fingerprint density at radius 2 is 0.964 bits per heavy atom. The molecule has 0 atom stereocenters. The zero-order chi connectivity index (χ0) is 37.1. The van der Waals surface area contributed by atoms with E-state index in [2.05, 4.69) is 176 Å². The molecule has 0 saturated heterocycles. The number of fused-ring (bicyclic) bond motifs is 7. The molecule has 11 rings (SSSR count). The first kappa shape index (κ1) is 32.8. The Morgan fingerprint density at radius 3 is 1.70 bits per heavy atom. The van der Waals surface area contributed by atoms with Crippen LogP contribution in [0, 0.1) is 0 Å². The van der Waals surface area contributed by atoms with Gasteiger partial charge in [0.2, 0.25) is 0 Å². The first-order chi connectivity index (χ1) is 27.7. The maximum atomic E-state index is 5.31. The van der Waals surface area contributed by atoms with Gasteiger partial charge in [-0.3, -0.25) is 0 Å².